The first-order valence-electron chi connectivity index (χ1n) is 5.11. The highest BCUT2D eigenvalue weighted by Crippen LogP contribution is 2.02. The molecular formula is C11H21NO. The SMILES string of the molecule is CCCCCC/C=C/CN(C)C=O. The fourth-order valence-corrected chi connectivity index (χ4v) is 1.09. The summed E-state index contributed by atoms with van der Waals surface area (Å²) < 4.78 is 0. The van der Waals surface area contributed by atoms with Crippen LogP contribution in [0.5, 0.6) is 0 Å². The first-order chi connectivity index (χ1) is 6.31. The van der Waals surface area contributed by atoms with Crippen LogP contribution in [0.15, 0.2) is 12.2 Å². The van der Waals surface area contributed by atoms with Crippen LogP contribution >= 0.6 is 0 Å². The Labute approximate surface area is 81.6 Å². The van der Waals surface area contributed by atoms with Crippen molar-refractivity contribution < 1.29 is 4.79 Å². The summed E-state index contributed by atoms with van der Waals surface area (Å²) in [5, 5.41) is 0. The number of nitrogens with zero attached hydrogens (tertiary/aromatic N) is 1. The molecule has 0 unspecified atom stereocenters. The van der Waals surface area contributed by atoms with Crippen LogP contribution in [0.25, 0.3) is 0 Å². The summed E-state index contributed by atoms with van der Waals surface area (Å²) in [6.45, 7) is 2.95. The van der Waals surface area contributed by atoms with Gasteiger partial charge in [0, 0.05) is 13.6 Å². The maximum Gasteiger partial charge on any atom is 0.209 e. The molecule has 0 N–H and O–H groups in total. The fourth-order valence-electron chi connectivity index (χ4n) is 1.09. The zero-order valence-electron chi connectivity index (χ0n) is 8.83. The second-order valence-corrected chi connectivity index (χ2v) is 3.37. The van der Waals surface area contributed by atoms with Crippen LogP contribution < -0.4 is 0 Å². The third kappa shape index (κ3) is 9.12. The lowest BCUT2D eigenvalue weighted by Gasteiger charge is -2.04. The van der Waals surface area contributed by atoms with Gasteiger partial charge in [0.25, 0.3) is 0 Å². The van der Waals surface area contributed by atoms with Gasteiger partial charge in [0.05, 0.1) is 0 Å². The van der Waals surface area contributed by atoms with Crippen molar-refractivity contribution in [3.63, 3.8) is 0 Å². The predicted octanol–water partition coefficient (Wildman–Crippen LogP) is 2.60. The molecule has 0 radical (unpaired) electrons. The molecule has 0 aromatic carbocycles. The molecule has 2 heteroatoms. The Hall–Kier alpha value is -0.790. The van der Waals surface area contributed by atoms with Gasteiger partial charge < -0.3 is 4.90 Å². The van der Waals surface area contributed by atoms with E-state index in [1.165, 1.54) is 25.7 Å². The second-order valence-electron chi connectivity index (χ2n) is 3.37. The molecule has 76 valence electrons. The predicted molar refractivity (Wildman–Crippen MR) is 56.6 cm³/mol. The Bertz CT molecular complexity index is 143. The molecule has 0 aromatic rings. The second kappa shape index (κ2) is 9.30. The van der Waals surface area contributed by atoms with Gasteiger partial charge in [-0.25, -0.2) is 0 Å². The van der Waals surface area contributed by atoms with Crippen molar-refractivity contribution in [1.82, 2.24) is 4.90 Å². The zero-order valence-corrected chi connectivity index (χ0v) is 8.83. The molecule has 1 amide bonds. The van der Waals surface area contributed by atoms with Gasteiger partial charge in [-0.2, -0.15) is 0 Å². The van der Waals surface area contributed by atoms with Crippen molar-refractivity contribution in [3.8, 4) is 0 Å². The van der Waals surface area contributed by atoms with Gasteiger partial charge in [-0.05, 0) is 12.8 Å². The van der Waals surface area contributed by atoms with Crippen LogP contribution in [0.2, 0.25) is 0 Å². The summed E-state index contributed by atoms with van der Waals surface area (Å²) in [7, 11) is 1.79. The lowest BCUT2D eigenvalue weighted by atomic mass is 10.1. The maximum atomic E-state index is 10.2. The largest absolute Gasteiger partial charge is 0.345 e. The molecule has 0 aliphatic heterocycles. The molecule has 0 aromatic heterocycles. The molecule has 0 aliphatic carbocycles. The van der Waals surface area contributed by atoms with Gasteiger partial charge in [-0.3, -0.25) is 4.79 Å². The van der Waals surface area contributed by atoms with E-state index >= 15 is 0 Å². The minimum atomic E-state index is 0.733. The van der Waals surface area contributed by atoms with E-state index < -0.39 is 0 Å². The molecule has 0 aliphatic rings. The zero-order chi connectivity index (χ0) is 9.94. The Kier molecular flexibility index (Phi) is 8.73. The Morgan fingerprint density at radius 2 is 1.92 bits per heavy atom. The molecule has 0 saturated heterocycles. The summed E-state index contributed by atoms with van der Waals surface area (Å²) in [5.41, 5.74) is 0. The van der Waals surface area contributed by atoms with Crippen molar-refractivity contribution in [1.29, 1.82) is 0 Å². The number of unbranched alkanes of at least 4 members (excludes halogenated alkanes) is 4. The Morgan fingerprint density at radius 1 is 1.15 bits per heavy atom. The Morgan fingerprint density at radius 3 is 2.54 bits per heavy atom. The summed E-state index contributed by atoms with van der Waals surface area (Å²) >= 11 is 0. The lowest BCUT2D eigenvalue weighted by molar-refractivity contribution is -0.116. The Balaban J connectivity index is 3.16. The topological polar surface area (TPSA) is 20.3 Å². The van der Waals surface area contributed by atoms with Crippen LogP contribution in [0, 0.1) is 0 Å². The maximum absolute atomic E-state index is 10.2. The summed E-state index contributed by atoms with van der Waals surface area (Å²) in [4.78, 5) is 11.8. The van der Waals surface area contributed by atoms with E-state index in [0.29, 0.717) is 0 Å². The van der Waals surface area contributed by atoms with E-state index in [0.717, 1.165) is 19.4 Å². The van der Waals surface area contributed by atoms with Gasteiger partial charge in [-0.15, -0.1) is 0 Å². The quantitative estimate of drug-likeness (QED) is 0.322. The van der Waals surface area contributed by atoms with Crippen LogP contribution in [0.3, 0.4) is 0 Å². The molecule has 0 heterocycles. The van der Waals surface area contributed by atoms with Crippen molar-refractivity contribution in [3.05, 3.63) is 12.2 Å². The van der Waals surface area contributed by atoms with E-state index in [4.69, 9.17) is 0 Å². The van der Waals surface area contributed by atoms with Crippen LogP contribution in [0.4, 0.5) is 0 Å². The average molecular weight is 183 g/mol. The third-order valence-corrected chi connectivity index (χ3v) is 1.96. The van der Waals surface area contributed by atoms with Crippen molar-refractivity contribution >= 4 is 6.41 Å². The van der Waals surface area contributed by atoms with E-state index in [1.54, 1.807) is 11.9 Å². The minimum absolute atomic E-state index is 0.733. The van der Waals surface area contributed by atoms with Crippen molar-refractivity contribution in [2.24, 2.45) is 0 Å². The van der Waals surface area contributed by atoms with Gasteiger partial charge in [0.1, 0.15) is 0 Å². The molecule has 0 spiro atoms. The van der Waals surface area contributed by atoms with Crippen LogP contribution in [-0.2, 0) is 4.79 Å². The first kappa shape index (κ1) is 12.2. The molecule has 13 heavy (non-hydrogen) atoms. The molecular weight excluding hydrogens is 162 g/mol. The highest BCUT2D eigenvalue weighted by molar-refractivity contribution is 5.46. The number of likely N-dealkylation sites (N-methyl/N-ethyl adjacent to an activating group) is 1. The molecule has 0 fully saturated rings. The van der Waals surface area contributed by atoms with Crippen molar-refractivity contribution in [2.75, 3.05) is 13.6 Å². The summed E-state index contributed by atoms with van der Waals surface area (Å²) in [6, 6.07) is 0. The molecule has 0 atom stereocenters. The van der Waals surface area contributed by atoms with Gasteiger partial charge in [0.2, 0.25) is 6.41 Å². The smallest absolute Gasteiger partial charge is 0.209 e. The van der Waals surface area contributed by atoms with Crippen LogP contribution in [0.1, 0.15) is 39.0 Å². The number of amides is 1. The average Bonchev–Trinajstić information content (AvgIpc) is 2.16. The summed E-state index contributed by atoms with van der Waals surface area (Å²) in [5.74, 6) is 0. The number of hydrogen-bond acceptors (Lipinski definition) is 1. The first-order valence-corrected chi connectivity index (χ1v) is 5.11. The third-order valence-electron chi connectivity index (χ3n) is 1.96. The van der Waals surface area contributed by atoms with Gasteiger partial charge in [-0.1, -0.05) is 38.3 Å². The number of carbonyl (C=O) groups is 1. The van der Waals surface area contributed by atoms with E-state index in [2.05, 4.69) is 19.1 Å². The van der Waals surface area contributed by atoms with E-state index in [1.807, 2.05) is 0 Å². The number of carbonyl (C=O) groups excluding carboxylic acids is 1. The highest BCUT2D eigenvalue weighted by Gasteiger charge is 1.87. The highest BCUT2D eigenvalue weighted by atomic mass is 16.1. The minimum Gasteiger partial charge on any atom is -0.345 e. The van der Waals surface area contributed by atoms with Crippen molar-refractivity contribution in [2.45, 2.75) is 39.0 Å². The molecule has 0 bridgehead atoms. The fraction of sp³-hybridized carbons (Fsp3) is 0.727. The number of hydrogen-bond donors (Lipinski definition) is 0. The molecule has 0 rings (SSSR count). The normalized spacial score (nSPS) is 10.6. The van der Waals surface area contributed by atoms with E-state index in [9.17, 15) is 4.79 Å². The van der Waals surface area contributed by atoms with Gasteiger partial charge >= 0.3 is 0 Å². The number of rotatable bonds is 8. The standard InChI is InChI=1S/C11H21NO/c1-3-4-5-6-7-8-9-10-12(2)11-13/h8-9,11H,3-7,10H2,1-2H3/b9-8+. The summed E-state index contributed by atoms with van der Waals surface area (Å²) in [6.07, 6.45) is 11.4. The van der Waals surface area contributed by atoms with E-state index in [-0.39, 0.29) is 0 Å². The molecule has 2 nitrogen and oxygen atoms in total. The van der Waals surface area contributed by atoms with Gasteiger partial charge in [0.15, 0.2) is 0 Å². The number of allylic oxidation sites excluding steroid dienone is 1. The van der Waals surface area contributed by atoms with Crippen LogP contribution in [-0.4, -0.2) is 24.9 Å². The molecule has 0 saturated carbocycles. The lowest BCUT2D eigenvalue weighted by Crippen LogP contribution is -2.14. The monoisotopic (exact) mass is 183 g/mol.